The van der Waals surface area contributed by atoms with E-state index in [1.807, 2.05) is 0 Å². The van der Waals surface area contributed by atoms with Crippen LogP contribution in [0.4, 0.5) is 4.39 Å². The molecular formula is C16H21ClFN. The Morgan fingerprint density at radius 3 is 2.89 bits per heavy atom. The zero-order chi connectivity index (χ0) is 13.4. The normalized spacial score (nSPS) is 30.8. The van der Waals surface area contributed by atoms with Crippen LogP contribution in [-0.2, 0) is 6.54 Å². The van der Waals surface area contributed by atoms with Gasteiger partial charge in [0.1, 0.15) is 5.82 Å². The minimum absolute atomic E-state index is 0.169. The molecule has 0 saturated heterocycles. The van der Waals surface area contributed by atoms with E-state index in [-0.39, 0.29) is 5.82 Å². The van der Waals surface area contributed by atoms with Gasteiger partial charge in [0.05, 0.1) is 0 Å². The van der Waals surface area contributed by atoms with Crippen LogP contribution < -0.4 is 5.32 Å². The lowest BCUT2D eigenvalue weighted by Crippen LogP contribution is -2.36. The highest BCUT2D eigenvalue weighted by molar-refractivity contribution is 6.30. The first-order chi connectivity index (χ1) is 9.13. The van der Waals surface area contributed by atoms with Gasteiger partial charge in [-0.05, 0) is 62.1 Å². The lowest BCUT2D eigenvalue weighted by atomic mass is 9.84. The van der Waals surface area contributed by atoms with E-state index in [0.717, 1.165) is 17.8 Å². The van der Waals surface area contributed by atoms with Crippen molar-refractivity contribution in [1.29, 1.82) is 0 Å². The van der Waals surface area contributed by atoms with Gasteiger partial charge >= 0.3 is 0 Å². The third-order valence-corrected chi connectivity index (χ3v) is 5.29. The number of fused-ring (bicyclic) bond motifs is 2. The van der Waals surface area contributed by atoms with Gasteiger partial charge in [-0.3, -0.25) is 0 Å². The van der Waals surface area contributed by atoms with Crippen LogP contribution in [0.1, 0.15) is 38.2 Å². The monoisotopic (exact) mass is 281 g/mol. The van der Waals surface area contributed by atoms with E-state index in [2.05, 4.69) is 12.2 Å². The fraction of sp³-hybridized carbons (Fsp3) is 0.625. The number of hydrogen-bond donors (Lipinski definition) is 1. The lowest BCUT2D eigenvalue weighted by Gasteiger charge is -2.28. The highest BCUT2D eigenvalue weighted by Crippen LogP contribution is 2.49. The van der Waals surface area contributed by atoms with Gasteiger partial charge in [-0.2, -0.15) is 0 Å². The minimum atomic E-state index is -0.169. The third-order valence-electron chi connectivity index (χ3n) is 5.06. The van der Waals surface area contributed by atoms with Crippen molar-refractivity contribution in [2.45, 2.75) is 45.2 Å². The number of nitrogens with one attached hydrogen (secondary N) is 1. The van der Waals surface area contributed by atoms with Crippen LogP contribution in [0.2, 0.25) is 5.02 Å². The molecular weight excluding hydrogens is 261 g/mol. The van der Waals surface area contributed by atoms with Crippen molar-refractivity contribution >= 4 is 11.6 Å². The molecule has 0 radical (unpaired) electrons. The van der Waals surface area contributed by atoms with Gasteiger partial charge in [-0.25, -0.2) is 4.39 Å². The Balaban J connectivity index is 1.58. The molecule has 0 spiro atoms. The summed E-state index contributed by atoms with van der Waals surface area (Å²) in [7, 11) is 0. The Bertz CT molecular complexity index is 462. The second kappa shape index (κ2) is 5.41. The fourth-order valence-corrected chi connectivity index (χ4v) is 4.20. The maximum absolute atomic E-state index is 13.6. The SMILES string of the molecule is CC(NCc1cc(Cl)ccc1F)C1CC2CCC1C2. The molecule has 3 rings (SSSR count). The smallest absolute Gasteiger partial charge is 0.127 e. The summed E-state index contributed by atoms with van der Waals surface area (Å²) >= 11 is 5.92. The number of halogens is 2. The van der Waals surface area contributed by atoms with Gasteiger partial charge in [0, 0.05) is 23.2 Å². The highest BCUT2D eigenvalue weighted by Gasteiger charge is 2.41. The molecule has 2 bridgehead atoms. The van der Waals surface area contributed by atoms with Crippen LogP contribution in [0.15, 0.2) is 18.2 Å². The summed E-state index contributed by atoms with van der Waals surface area (Å²) in [6, 6.07) is 5.23. The molecule has 104 valence electrons. The maximum atomic E-state index is 13.6. The van der Waals surface area contributed by atoms with Crippen molar-refractivity contribution in [2.24, 2.45) is 17.8 Å². The molecule has 0 amide bonds. The molecule has 2 saturated carbocycles. The van der Waals surface area contributed by atoms with E-state index in [1.165, 1.54) is 31.7 Å². The average molecular weight is 282 g/mol. The zero-order valence-corrected chi connectivity index (χ0v) is 12.1. The Morgan fingerprint density at radius 2 is 2.21 bits per heavy atom. The average Bonchev–Trinajstić information content (AvgIpc) is 3.02. The summed E-state index contributed by atoms with van der Waals surface area (Å²) in [5.41, 5.74) is 0.669. The summed E-state index contributed by atoms with van der Waals surface area (Å²) in [6.45, 7) is 2.81. The van der Waals surface area contributed by atoms with Gasteiger partial charge < -0.3 is 5.32 Å². The summed E-state index contributed by atoms with van der Waals surface area (Å²) < 4.78 is 13.6. The molecule has 2 aliphatic rings. The molecule has 2 aliphatic carbocycles. The molecule has 0 aromatic heterocycles. The van der Waals surface area contributed by atoms with Crippen LogP contribution in [0.5, 0.6) is 0 Å². The molecule has 1 N–H and O–H groups in total. The lowest BCUT2D eigenvalue weighted by molar-refractivity contribution is 0.259. The molecule has 0 heterocycles. The number of benzene rings is 1. The van der Waals surface area contributed by atoms with Gasteiger partial charge in [-0.1, -0.05) is 18.0 Å². The number of rotatable bonds is 4. The van der Waals surface area contributed by atoms with Crippen molar-refractivity contribution in [3.8, 4) is 0 Å². The van der Waals surface area contributed by atoms with Crippen molar-refractivity contribution in [2.75, 3.05) is 0 Å². The van der Waals surface area contributed by atoms with Crippen molar-refractivity contribution in [3.05, 3.63) is 34.6 Å². The quantitative estimate of drug-likeness (QED) is 0.863. The van der Waals surface area contributed by atoms with Gasteiger partial charge in [0.25, 0.3) is 0 Å². The van der Waals surface area contributed by atoms with Crippen LogP contribution in [0, 0.1) is 23.6 Å². The molecule has 2 fully saturated rings. The number of hydrogen-bond acceptors (Lipinski definition) is 1. The van der Waals surface area contributed by atoms with E-state index >= 15 is 0 Å². The van der Waals surface area contributed by atoms with Gasteiger partial charge in [0.15, 0.2) is 0 Å². The first kappa shape index (κ1) is 13.4. The molecule has 19 heavy (non-hydrogen) atoms. The van der Waals surface area contributed by atoms with E-state index < -0.39 is 0 Å². The van der Waals surface area contributed by atoms with Crippen LogP contribution in [-0.4, -0.2) is 6.04 Å². The van der Waals surface area contributed by atoms with Crippen LogP contribution in [0.25, 0.3) is 0 Å². The van der Waals surface area contributed by atoms with Crippen molar-refractivity contribution in [1.82, 2.24) is 5.32 Å². The molecule has 1 nitrogen and oxygen atoms in total. The van der Waals surface area contributed by atoms with Crippen molar-refractivity contribution < 1.29 is 4.39 Å². The first-order valence-electron chi connectivity index (χ1n) is 7.31. The van der Waals surface area contributed by atoms with Crippen LogP contribution >= 0.6 is 11.6 Å². The first-order valence-corrected chi connectivity index (χ1v) is 7.68. The second-order valence-corrected chi connectivity index (χ2v) is 6.68. The summed E-state index contributed by atoms with van der Waals surface area (Å²) in [6.07, 6.45) is 5.60. The van der Waals surface area contributed by atoms with E-state index in [9.17, 15) is 4.39 Å². The molecule has 3 heteroatoms. The summed E-state index contributed by atoms with van der Waals surface area (Å²) in [5, 5.41) is 4.10. The highest BCUT2D eigenvalue weighted by atomic mass is 35.5. The Morgan fingerprint density at radius 1 is 1.37 bits per heavy atom. The summed E-state index contributed by atoms with van der Waals surface area (Å²) in [4.78, 5) is 0. The maximum Gasteiger partial charge on any atom is 0.127 e. The summed E-state index contributed by atoms with van der Waals surface area (Å²) in [5.74, 6) is 2.47. The van der Waals surface area contributed by atoms with E-state index in [1.54, 1.807) is 12.1 Å². The minimum Gasteiger partial charge on any atom is -0.310 e. The molecule has 4 atom stereocenters. The van der Waals surface area contributed by atoms with E-state index in [0.29, 0.717) is 23.2 Å². The zero-order valence-electron chi connectivity index (χ0n) is 11.3. The molecule has 0 aliphatic heterocycles. The second-order valence-electron chi connectivity index (χ2n) is 6.24. The Kier molecular flexibility index (Phi) is 3.81. The molecule has 1 aromatic carbocycles. The topological polar surface area (TPSA) is 12.0 Å². The van der Waals surface area contributed by atoms with Gasteiger partial charge in [0.2, 0.25) is 0 Å². The fourth-order valence-electron chi connectivity index (χ4n) is 4.01. The standard InChI is InChI=1S/C16H21ClFN/c1-10(15-7-11-2-3-12(15)6-11)19-9-13-8-14(17)4-5-16(13)18/h4-5,8,10-12,15,19H,2-3,6-7,9H2,1H3. The largest absolute Gasteiger partial charge is 0.310 e. The Hall–Kier alpha value is -0.600. The Labute approximate surface area is 119 Å². The predicted octanol–water partition coefficient (Wildman–Crippen LogP) is 4.39. The van der Waals surface area contributed by atoms with Crippen molar-refractivity contribution in [3.63, 3.8) is 0 Å². The molecule has 1 aromatic rings. The predicted molar refractivity (Wildman–Crippen MR) is 76.6 cm³/mol. The third kappa shape index (κ3) is 2.80. The van der Waals surface area contributed by atoms with Gasteiger partial charge in [-0.15, -0.1) is 0 Å². The van der Waals surface area contributed by atoms with Crippen LogP contribution in [0.3, 0.4) is 0 Å². The molecule has 4 unspecified atom stereocenters. The van der Waals surface area contributed by atoms with E-state index in [4.69, 9.17) is 11.6 Å².